The largest absolute Gasteiger partial charge is 0.303 e. The standard InChI is InChI=1S/C19H15FN6S/c20-13-6-8-14(9-7-13)27-19-21-11-17-18(22-19)26(25-23-17)24-16-10-15(16)12-4-2-1-3-5-12/h1-9,11,15-16,24H,10H2. The van der Waals surface area contributed by atoms with Gasteiger partial charge in [-0.15, -0.1) is 9.89 Å². The van der Waals surface area contributed by atoms with E-state index in [4.69, 9.17) is 0 Å². The lowest BCUT2D eigenvalue weighted by atomic mass is 10.1. The summed E-state index contributed by atoms with van der Waals surface area (Å²) in [5.41, 5.74) is 5.96. The molecule has 4 aromatic rings. The van der Waals surface area contributed by atoms with Crippen molar-refractivity contribution in [2.24, 2.45) is 0 Å². The Morgan fingerprint density at radius 1 is 1.07 bits per heavy atom. The van der Waals surface area contributed by atoms with E-state index in [0.717, 1.165) is 11.3 Å². The Bertz CT molecular complexity index is 1080. The second kappa shape index (κ2) is 6.62. The van der Waals surface area contributed by atoms with Gasteiger partial charge in [-0.25, -0.2) is 9.37 Å². The fourth-order valence-electron chi connectivity index (χ4n) is 3.02. The number of benzene rings is 2. The molecule has 2 aromatic heterocycles. The fraction of sp³-hybridized carbons (Fsp3) is 0.158. The van der Waals surface area contributed by atoms with Crippen LogP contribution in [-0.4, -0.2) is 31.1 Å². The molecule has 2 aromatic carbocycles. The summed E-state index contributed by atoms with van der Waals surface area (Å²) in [5.74, 6) is 0.208. The SMILES string of the molecule is Fc1ccc(Sc2ncc3nnn(NC4CC4c4ccccc4)c3n2)cc1. The molecule has 8 heteroatoms. The van der Waals surface area contributed by atoms with E-state index < -0.39 is 0 Å². The number of hydrogen-bond donors (Lipinski definition) is 1. The van der Waals surface area contributed by atoms with Crippen molar-refractivity contribution in [3.05, 3.63) is 72.2 Å². The summed E-state index contributed by atoms with van der Waals surface area (Å²) >= 11 is 1.37. The molecule has 1 aliphatic rings. The minimum absolute atomic E-state index is 0.264. The van der Waals surface area contributed by atoms with Gasteiger partial charge in [-0.05, 0) is 53.2 Å². The lowest BCUT2D eigenvalue weighted by Crippen LogP contribution is -2.20. The maximum Gasteiger partial charge on any atom is 0.205 e. The second-order valence-corrected chi connectivity index (χ2v) is 7.45. The van der Waals surface area contributed by atoms with E-state index in [-0.39, 0.29) is 5.82 Å². The summed E-state index contributed by atoms with van der Waals surface area (Å²) in [6.07, 6.45) is 2.70. The quantitative estimate of drug-likeness (QED) is 0.535. The zero-order valence-electron chi connectivity index (χ0n) is 14.2. The molecule has 5 rings (SSSR count). The highest BCUT2D eigenvalue weighted by Crippen LogP contribution is 2.41. The van der Waals surface area contributed by atoms with Crippen LogP contribution in [-0.2, 0) is 0 Å². The lowest BCUT2D eigenvalue weighted by Gasteiger charge is -2.06. The minimum atomic E-state index is -0.264. The van der Waals surface area contributed by atoms with Crippen LogP contribution in [0.3, 0.4) is 0 Å². The number of nitrogens with zero attached hydrogens (tertiary/aromatic N) is 5. The molecule has 2 atom stereocenters. The lowest BCUT2D eigenvalue weighted by molar-refractivity contribution is 0.626. The molecular weight excluding hydrogens is 363 g/mol. The number of rotatable bonds is 5. The van der Waals surface area contributed by atoms with Gasteiger partial charge in [0.25, 0.3) is 0 Å². The van der Waals surface area contributed by atoms with Gasteiger partial charge in [0.05, 0.1) is 12.2 Å². The molecule has 1 fully saturated rings. The van der Waals surface area contributed by atoms with Crippen LogP contribution >= 0.6 is 11.8 Å². The Labute approximate surface area is 158 Å². The normalized spacial score (nSPS) is 18.6. The van der Waals surface area contributed by atoms with Crippen LogP contribution in [0.2, 0.25) is 0 Å². The first-order chi connectivity index (χ1) is 13.3. The van der Waals surface area contributed by atoms with Crippen molar-refractivity contribution in [1.29, 1.82) is 0 Å². The Morgan fingerprint density at radius 2 is 1.89 bits per heavy atom. The van der Waals surface area contributed by atoms with Gasteiger partial charge in [0.2, 0.25) is 5.65 Å². The van der Waals surface area contributed by atoms with Crippen molar-refractivity contribution in [2.75, 3.05) is 5.43 Å². The van der Waals surface area contributed by atoms with E-state index in [2.05, 4.69) is 50.0 Å². The molecule has 27 heavy (non-hydrogen) atoms. The Hall–Kier alpha value is -3.00. The third-order valence-electron chi connectivity index (χ3n) is 4.50. The molecule has 2 unspecified atom stereocenters. The maximum absolute atomic E-state index is 13.1. The van der Waals surface area contributed by atoms with Crippen molar-refractivity contribution >= 4 is 22.9 Å². The highest BCUT2D eigenvalue weighted by molar-refractivity contribution is 7.99. The molecule has 6 nitrogen and oxygen atoms in total. The van der Waals surface area contributed by atoms with Crippen LogP contribution < -0.4 is 5.43 Å². The monoisotopic (exact) mass is 378 g/mol. The van der Waals surface area contributed by atoms with Crippen LogP contribution in [0.25, 0.3) is 11.2 Å². The summed E-state index contributed by atoms with van der Waals surface area (Å²) in [7, 11) is 0. The summed E-state index contributed by atoms with van der Waals surface area (Å²) in [4.78, 5) is 11.4. The van der Waals surface area contributed by atoms with E-state index >= 15 is 0 Å². The van der Waals surface area contributed by atoms with Crippen molar-refractivity contribution in [2.45, 2.75) is 28.4 Å². The van der Waals surface area contributed by atoms with Crippen molar-refractivity contribution in [3.63, 3.8) is 0 Å². The summed E-state index contributed by atoms with van der Waals surface area (Å²) < 4.78 is 13.1. The zero-order chi connectivity index (χ0) is 18.2. The molecule has 0 amide bonds. The molecule has 134 valence electrons. The second-order valence-electron chi connectivity index (χ2n) is 6.41. The minimum Gasteiger partial charge on any atom is -0.303 e. The van der Waals surface area contributed by atoms with E-state index in [0.29, 0.717) is 28.3 Å². The highest BCUT2D eigenvalue weighted by Gasteiger charge is 2.39. The van der Waals surface area contributed by atoms with Crippen LogP contribution in [0.4, 0.5) is 4.39 Å². The van der Waals surface area contributed by atoms with Gasteiger partial charge in [0, 0.05) is 10.8 Å². The van der Waals surface area contributed by atoms with Gasteiger partial charge in [-0.3, -0.25) is 0 Å². The predicted octanol–water partition coefficient (Wildman–Crippen LogP) is 3.61. The molecule has 0 saturated heterocycles. The van der Waals surface area contributed by atoms with Gasteiger partial charge in [-0.1, -0.05) is 30.3 Å². The van der Waals surface area contributed by atoms with Gasteiger partial charge in [0.1, 0.15) is 5.82 Å². The Morgan fingerprint density at radius 3 is 2.70 bits per heavy atom. The summed E-state index contributed by atoms with van der Waals surface area (Å²) in [5, 5.41) is 8.85. The number of aromatic nitrogens is 5. The van der Waals surface area contributed by atoms with Crippen molar-refractivity contribution < 1.29 is 4.39 Å². The van der Waals surface area contributed by atoms with Gasteiger partial charge in [0.15, 0.2) is 10.7 Å². The number of halogens is 1. The number of nitrogens with one attached hydrogen (secondary N) is 1. The van der Waals surface area contributed by atoms with Crippen LogP contribution in [0.1, 0.15) is 17.9 Å². The molecule has 0 bridgehead atoms. The fourth-order valence-corrected chi connectivity index (χ4v) is 3.74. The zero-order valence-corrected chi connectivity index (χ0v) is 15.0. The third-order valence-corrected chi connectivity index (χ3v) is 5.39. The molecule has 0 aliphatic heterocycles. The first-order valence-corrected chi connectivity index (χ1v) is 9.41. The van der Waals surface area contributed by atoms with Gasteiger partial charge in [-0.2, -0.15) is 4.98 Å². The number of fused-ring (bicyclic) bond motifs is 1. The smallest absolute Gasteiger partial charge is 0.205 e. The predicted molar refractivity (Wildman–Crippen MR) is 101 cm³/mol. The van der Waals surface area contributed by atoms with Crippen LogP contribution in [0.5, 0.6) is 0 Å². The first-order valence-electron chi connectivity index (χ1n) is 8.59. The average Bonchev–Trinajstić information content (AvgIpc) is 3.37. The molecular formula is C19H15FN6S. The van der Waals surface area contributed by atoms with E-state index in [1.807, 2.05) is 6.07 Å². The van der Waals surface area contributed by atoms with E-state index in [9.17, 15) is 4.39 Å². The third kappa shape index (κ3) is 3.35. The first kappa shape index (κ1) is 16.2. The van der Waals surface area contributed by atoms with E-state index in [1.165, 1.54) is 29.5 Å². The van der Waals surface area contributed by atoms with Crippen LogP contribution in [0, 0.1) is 5.82 Å². The average molecular weight is 378 g/mol. The molecule has 2 heterocycles. The van der Waals surface area contributed by atoms with Crippen molar-refractivity contribution in [1.82, 2.24) is 25.1 Å². The maximum atomic E-state index is 13.1. The molecule has 1 N–H and O–H groups in total. The Kier molecular flexibility index (Phi) is 3.97. The molecule has 0 radical (unpaired) electrons. The van der Waals surface area contributed by atoms with Gasteiger partial charge < -0.3 is 5.43 Å². The van der Waals surface area contributed by atoms with Gasteiger partial charge >= 0.3 is 0 Å². The van der Waals surface area contributed by atoms with Crippen LogP contribution in [0.15, 0.2) is 70.8 Å². The van der Waals surface area contributed by atoms with Crippen molar-refractivity contribution in [3.8, 4) is 0 Å². The molecule has 1 aliphatic carbocycles. The topological polar surface area (TPSA) is 68.5 Å². The molecule has 1 saturated carbocycles. The highest BCUT2D eigenvalue weighted by atomic mass is 32.2. The summed E-state index contributed by atoms with van der Waals surface area (Å²) in [6.45, 7) is 0. The number of hydrogen-bond acceptors (Lipinski definition) is 6. The summed E-state index contributed by atoms with van der Waals surface area (Å²) in [6, 6.07) is 17.0. The molecule has 0 spiro atoms. The van der Waals surface area contributed by atoms with E-state index in [1.54, 1.807) is 23.1 Å². The Balaban J connectivity index is 1.35.